The fourth-order valence-electron chi connectivity index (χ4n) is 1.46. The second-order valence-corrected chi connectivity index (χ2v) is 3.35. The van der Waals surface area contributed by atoms with Gasteiger partial charge >= 0.3 is 5.97 Å². The Hall–Kier alpha value is -1.91. The molecule has 5 heteroatoms. The normalized spacial score (nSPS) is 14.6. The average Bonchev–Trinajstić information content (AvgIpc) is 2.69. The van der Waals surface area contributed by atoms with E-state index in [4.69, 9.17) is 5.11 Å². The van der Waals surface area contributed by atoms with Crippen molar-refractivity contribution in [2.45, 2.75) is 6.92 Å². The van der Waals surface area contributed by atoms with Gasteiger partial charge in [0.05, 0.1) is 11.3 Å². The molecule has 5 nitrogen and oxygen atoms in total. The zero-order valence-corrected chi connectivity index (χ0v) is 8.34. The molecular formula is C10H11N3O2. The third kappa shape index (κ3) is 1.81. The van der Waals surface area contributed by atoms with Crippen molar-refractivity contribution in [1.29, 1.82) is 0 Å². The van der Waals surface area contributed by atoms with Crippen molar-refractivity contribution in [3.8, 4) is 0 Å². The predicted molar refractivity (Wildman–Crippen MR) is 55.1 cm³/mol. The van der Waals surface area contributed by atoms with Gasteiger partial charge < -0.3 is 10.0 Å². The Morgan fingerprint density at radius 2 is 2.13 bits per heavy atom. The molecule has 2 rings (SSSR count). The van der Waals surface area contributed by atoms with Crippen molar-refractivity contribution in [2.75, 3.05) is 18.0 Å². The minimum Gasteiger partial charge on any atom is -0.478 e. The number of anilines is 1. The Labute approximate surface area is 87.1 Å². The molecule has 78 valence electrons. The van der Waals surface area contributed by atoms with E-state index in [2.05, 4.69) is 9.97 Å². The Bertz CT molecular complexity index is 421. The number of aromatic carboxylic acids is 1. The van der Waals surface area contributed by atoms with E-state index in [1.807, 2.05) is 17.1 Å². The highest BCUT2D eigenvalue weighted by Gasteiger charge is 2.14. The number of hydrogen-bond donors (Lipinski definition) is 1. The van der Waals surface area contributed by atoms with Gasteiger partial charge in [0.25, 0.3) is 0 Å². The van der Waals surface area contributed by atoms with Crippen LogP contribution in [0.4, 0.5) is 5.95 Å². The fraction of sp³-hybridized carbons (Fsp3) is 0.300. The van der Waals surface area contributed by atoms with Crippen LogP contribution >= 0.6 is 0 Å². The number of carboxylic acid groups (broad SMARTS) is 1. The van der Waals surface area contributed by atoms with Crippen LogP contribution in [-0.4, -0.2) is 34.1 Å². The lowest BCUT2D eigenvalue weighted by atomic mass is 10.2. The number of aryl methyl sites for hydroxylation is 1. The molecule has 1 N–H and O–H groups in total. The zero-order chi connectivity index (χ0) is 10.8. The Kier molecular flexibility index (Phi) is 2.37. The zero-order valence-electron chi connectivity index (χ0n) is 8.34. The third-order valence-corrected chi connectivity index (χ3v) is 2.30. The first-order chi connectivity index (χ1) is 7.18. The molecule has 0 saturated heterocycles. The quantitative estimate of drug-likeness (QED) is 0.725. The Balaban J connectivity index is 2.29. The SMILES string of the molecule is Cc1nc(N2CC=CC2)ncc1C(=O)O. The largest absolute Gasteiger partial charge is 0.478 e. The van der Waals surface area contributed by atoms with Crippen LogP contribution in [0.2, 0.25) is 0 Å². The molecule has 0 saturated carbocycles. The van der Waals surface area contributed by atoms with Crippen LogP contribution in [0.25, 0.3) is 0 Å². The van der Waals surface area contributed by atoms with Crippen LogP contribution in [0.5, 0.6) is 0 Å². The number of aromatic nitrogens is 2. The summed E-state index contributed by atoms with van der Waals surface area (Å²) in [6, 6.07) is 0. The summed E-state index contributed by atoms with van der Waals surface area (Å²) in [5, 5.41) is 8.82. The number of hydrogen-bond acceptors (Lipinski definition) is 4. The summed E-state index contributed by atoms with van der Waals surface area (Å²) in [4.78, 5) is 20.9. The third-order valence-electron chi connectivity index (χ3n) is 2.30. The number of carbonyl (C=O) groups is 1. The van der Waals surface area contributed by atoms with Gasteiger partial charge in [0, 0.05) is 19.3 Å². The molecular weight excluding hydrogens is 194 g/mol. The van der Waals surface area contributed by atoms with E-state index < -0.39 is 5.97 Å². The van der Waals surface area contributed by atoms with Crippen molar-refractivity contribution >= 4 is 11.9 Å². The van der Waals surface area contributed by atoms with E-state index in [9.17, 15) is 4.79 Å². The first-order valence-electron chi connectivity index (χ1n) is 4.65. The van der Waals surface area contributed by atoms with Crippen molar-refractivity contribution in [2.24, 2.45) is 0 Å². The highest BCUT2D eigenvalue weighted by molar-refractivity contribution is 5.88. The maximum atomic E-state index is 10.7. The number of carboxylic acids is 1. The smallest absolute Gasteiger partial charge is 0.339 e. The molecule has 0 aromatic carbocycles. The number of nitrogens with zero attached hydrogens (tertiary/aromatic N) is 3. The van der Waals surface area contributed by atoms with Gasteiger partial charge in [-0.3, -0.25) is 0 Å². The minimum absolute atomic E-state index is 0.158. The Morgan fingerprint density at radius 1 is 1.47 bits per heavy atom. The first kappa shape index (κ1) is 9.64. The van der Waals surface area contributed by atoms with Crippen molar-refractivity contribution in [1.82, 2.24) is 9.97 Å². The van der Waals surface area contributed by atoms with Crippen LogP contribution in [-0.2, 0) is 0 Å². The molecule has 0 atom stereocenters. The molecule has 0 bridgehead atoms. The van der Waals surface area contributed by atoms with E-state index >= 15 is 0 Å². The van der Waals surface area contributed by atoms with Crippen LogP contribution in [0.1, 0.15) is 16.1 Å². The van der Waals surface area contributed by atoms with E-state index in [1.54, 1.807) is 6.92 Å². The molecule has 2 heterocycles. The summed E-state index contributed by atoms with van der Waals surface area (Å²) >= 11 is 0. The highest BCUT2D eigenvalue weighted by atomic mass is 16.4. The maximum Gasteiger partial charge on any atom is 0.339 e. The molecule has 1 aromatic heterocycles. The molecule has 0 fully saturated rings. The predicted octanol–water partition coefficient (Wildman–Crippen LogP) is 0.859. The standard InChI is InChI=1S/C10H11N3O2/c1-7-8(9(14)15)6-11-10(12-7)13-4-2-3-5-13/h2-3,6H,4-5H2,1H3,(H,14,15). The molecule has 0 amide bonds. The van der Waals surface area contributed by atoms with E-state index in [0.717, 1.165) is 13.1 Å². The topological polar surface area (TPSA) is 66.3 Å². The highest BCUT2D eigenvalue weighted by Crippen LogP contribution is 2.13. The molecule has 0 spiro atoms. The van der Waals surface area contributed by atoms with Gasteiger partial charge in [0.1, 0.15) is 0 Å². The maximum absolute atomic E-state index is 10.7. The molecule has 1 aliphatic heterocycles. The lowest BCUT2D eigenvalue weighted by molar-refractivity contribution is 0.0695. The van der Waals surface area contributed by atoms with E-state index in [-0.39, 0.29) is 5.56 Å². The second-order valence-electron chi connectivity index (χ2n) is 3.35. The molecule has 1 aromatic rings. The fourth-order valence-corrected chi connectivity index (χ4v) is 1.46. The van der Waals surface area contributed by atoms with Crippen molar-refractivity contribution in [3.05, 3.63) is 29.6 Å². The molecule has 15 heavy (non-hydrogen) atoms. The van der Waals surface area contributed by atoms with Crippen LogP contribution in [0, 0.1) is 6.92 Å². The second kappa shape index (κ2) is 3.68. The average molecular weight is 205 g/mol. The van der Waals surface area contributed by atoms with Gasteiger partial charge in [-0.2, -0.15) is 0 Å². The van der Waals surface area contributed by atoms with Gasteiger partial charge in [-0.15, -0.1) is 0 Å². The van der Waals surface area contributed by atoms with Crippen LogP contribution in [0.15, 0.2) is 18.3 Å². The summed E-state index contributed by atoms with van der Waals surface area (Å²) in [5.41, 5.74) is 0.658. The molecule has 1 aliphatic rings. The molecule has 0 radical (unpaired) electrons. The summed E-state index contributed by atoms with van der Waals surface area (Å²) in [6.45, 7) is 3.25. The summed E-state index contributed by atoms with van der Waals surface area (Å²) in [5.74, 6) is -0.402. The van der Waals surface area contributed by atoms with E-state index in [1.165, 1.54) is 6.20 Å². The molecule has 0 aliphatic carbocycles. The Morgan fingerprint density at radius 3 is 2.67 bits per heavy atom. The van der Waals surface area contributed by atoms with Crippen LogP contribution < -0.4 is 4.90 Å². The van der Waals surface area contributed by atoms with Gasteiger partial charge in [-0.1, -0.05) is 12.2 Å². The first-order valence-corrected chi connectivity index (χ1v) is 4.65. The van der Waals surface area contributed by atoms with Gasteiger partial charge in [-0.05, 0) is 6.92 Å². The van der Waals surface area contributed by atoms with E-state index in [0.29, 0.717) is 11.6 Å². The van der Waals surface area contributed by atoms with Crippen LogP contribution in [0.3, 0.4) is 0 Å². The number of rotatable bonds is 2. The monoisotopic (exact) mass is 205 g/mol. The van der Waals surface area contributed by atoms with Crippen molar-refractivity contribution in [3.63, 3.8) is 0 Å². The lowest BCUT2D eigenvalue weighted by Gasteiger charge is -2.15. The minimum atomic E-state index is -0.987. The summed E-state index contributed by atoms with van der Waals surface area (Å²) in [7, 11) is 0. The van der Waals surface area contributed by atoms with Gasteiger partial charge in [0.15, 0.2) is 0 Å². The van der Waals surface area contributed by atoms with Gasteiger partial charge in [0.2, 0.25) is 5.95 Å². The van der Waals surface area contributed by atoms with Gasteiger partial charge in [-0.25, -0.2) is 14.8 Å². The lowest BCUT2D eigenvalue weighted by Crippen LogP contribution is -2.22. The summed E-state index contributed by atoms with van der Waals surface area (Å²) in [6.07, 6.45) is 5.42. The molecule has 0 unspecified atom stereocenters. The summed E-state index contributed by atoms with van der Waals surface area (Å²) < 4.78 is 0. The van der Waals surface area contributed by atoms with Crippen molar-refractivity contribution < 1.29 is 9.90 Å².